The Hall–Kier alpha value is -0.430. The molecule has 1 aliphatic carbocycles. The highest BCUT2D eigenvalue weighted by Gasteiger charge is 2.28. The maximum Gasteiger partial charge on any atom is 0.240 e. The lowest BCUT2D eigenvalue weighted by atomic mass is 9.92. The third-order valence-corrected chi connectivity index (χ3v) is 5.78. The Labute approximate surface area is 129 Å². The van der Waals surface area contributed by atoms with Crippen LogP contribution in [0.4, 0.5) is 0 Å². The number of halogens is 1. The van der Waals surface area contributed by atoms with E-state index in [-0.39, 0.29) is 4.90 Å². The Morgan fingerprint density at radius 2 is 1.65 bits per heavy atom. The highest BCUT2D eigenvalue weighted by Crippen LogP contribution is 2.25. The first-order chi connectivity index (χ1) is 9.41. The molecule has 1 aliphatic rings. The zero-order chi connectivity index (χ0) is 14.6. The molecule has 0 aromatic heterocycles. The second kappa shape index (κ2) is 6.56. The van der Waals surface area contributed by atoms with E-state index in [0.717, 1.165) is 30.2 Å². The first-order valence-electron chi connectivity index (χ1n) is 6.95. The SMILES string of the molecule is NC1(CNS(=O)(=O)c2ccc(Br)cc2)CCCCCC1. The van der Waals surface area contributed by atoms with E-state index < -0.39 is 15.6 Å². The summed E-state index contributed by atoms with van der Waals surface area (Å²) in [6.07, 6.45) is 6.32. The molecule has 0 atom stereocenters. The zero-order valence-corrected chi connectivity index (χ0v) is 13.8. The minimum Gasteiger partial charge on any atom is -0.324 e. The van der Waals surface area contributed by atoms with Crippen LogP contribution in [0.5, 0.6) is 0 Å². The second-order valence-corrected chi connectivity index (χ2v) is 8.24. The monoisotopic (exact) mass is 360 g/mol. The van der Waals surface area contributed by atoms with E-state index in [4.69, 9.17) is 5.73 Å². The third kappa shape index (κ3) is 4.28. The van der Waals surface area contributed by atoms with Crippen LogP contribution in [0.2, 0.25) is 0 Å². The normalized spacial score (nSPS) is 19.5. The molecule has 4 nitrogen and oxygen atoms in total. The molecule has 0 bridgehead atoms. The van der Waals surface area contributed by atoms with Gasteiger partial charge in [-0.2, -0.15) is 0 Å². The topological polar surface area (TPSA) is 72.2 Å². The molecule has 0 amide bonds. The smallest absolute Gasteiger partial charge is 0.240 e. The van der Waals surface area contributed by atoms with Gasteiger partial charge in [0.25, 0.3) is 0 Å². The van der Waals surface area contributed by atoms with Gasteiger partial charge in [-0.3, -0.25) is 0 Å². The molecule has 1 aromatic carbocycles. The molecule has 2 rings (SSSR count). The van der Waals surface area contributed by atoms with Gasteiger partial charge in [0.05, 0.1) is 4.90 Å². The molecule has 0 radical (unpaired) electrons. The van der Waals surface area contributed by atoms with Crippen molar-refractivity contribution in [1.29, 1.82) is 0 Å². The van der Waals surface area contributed by atoms with E-state index in [2.05, 4.69) is 20.7 Å². The van der Waals surface area contributed by atoms with Crippen LogP contribution in [0.3, 0.4) is 0 Å². The van der Waals surface area contributed by atoms with Gasteiger partial charge >= 0.3 is 0 Å². The molecule has 1 fully saturated rings. The Bertz CT molecular complexity index is 535. The van der Waals surface area contributed by atoms with Crippen molar-refractivity contribution in [2.24, 2.45) is 5.73 Å². The summed E-state index contributed by atoms with van der Waals surface area (Å²) in [4.78, 5) is 0.276. The fourth-order valence-electron chi connectivity index (χ4n) is 2.55. The maximum atomic E-state index is 12.2. The first kappa shape index (κ1) is 15.9. The largest absolute Gasteiger partial charge is 0.324 e. The minimum atomic E-state index is -3.48. The van der Waals surface area contributed by atoms with Gasteiger partial charge < -0.3 is 5.73 Å². The van der Waals surface area contributed by atoms with Crippen molar-refractivity contribution in [3.05, 3.63) is 28.7 Å². The molecule has 112 valence electrons. The van der Waals surface area contributed by atoms with E-state index in [1.807, 2.05) is 0 Å². The molecule has 6 heteroatoms. The average molecular weight is 361 g/mol. The van der Waals surface area contributed by atoms with Gasteiger partial charge in [0.2, 0.25) is 10.0 Å². The molecule has 0 spiro atoms. The van der Waals surface area contributed by atoms with Crippen molar-refractivity contribution in [3.63, 3.8) is 0 Å². The average Bonchev–Trinajstić information content (AvgIpc) is 2.63. The number of sulfonamides is 1. The Balaban J connectivity index is 2.03. The van der Waals surface area contributed by atoms with E-state index in [1.54, 1.807) is 24.3 Å². The lowest BCUT2D eigenvalue weighted by molar-refractivity contribution is 0.369. The molecule has 20 heavy (non-hydrogen) atoms. The Morgan fingerprint density at radius 1 is 1.10 bits per heavy atom. The highest BCUT2D eigenvalue weighted by atomic mass is 79.9. The van der Waals surface area contributed by atoms with E-state index in [1.165, 1.54) is 12.8 Å². The van der Waals surface area contributed by atoms with Crippen molar-refractivity contribution >= 4 is 26.0 Å². The van der Waals surface area contributed by atoms with Gasteiger partial charge in [-0.1, -0.05) is 41.6 Å². The van der Waals surface area contributed by atoms with Crippen LogP contribution in [0.25, 0.3) is 0 Å². The summed E-state index contributed by atoms with van der Waals surface area (Å²) >= 11 is 3.30. The van der Waals surface area contributed by atoms with Gasteiger partial charge in [0, 0.05) is 16.6 Å². The van der Waals surface area contributed by atoms with Crippen LogP contribution >= 0.6 is 15.9 Å². The summed E-state index contributed by atoms with van der Waals surface area (Å²) in [7, 11) is -3.48. The Kier molecular flexibility index (Phi) is 5.23. The van der Waals surface area contributed by atoms with Crippen LogP contribution in [0, 0.1) is 0 Å². The first-order valence-corrected chi connectivity index (χ1v) is 9.23. The van der Waals surface area contributed by atoms with Gasteiger partial charge in [-0.25, -0.2) is 13.1 Å². The van der Waals surface area contributed by atoms with Crippen molar-refractivity contribution in [1.82, 2.24) is 4.72 Å². The highest BCUT2D eigenvalue weighted by molar-refractivity contribution is 9.10. The number of benzene rings is 1. The van der Waals surface area contributed by atoms with Crippen molar-refractivity contribution < 1.29 is 8.42 Å². The van der Waals surface area contributed by atoms with Crippen LogP contribution in [-0.4, -0.2) is 20.5 Å². The lowest BCUT2D eigenvalue weighted by Crippen LogP contribution is -2.49. The molecular formula is C14H21BrN2O2S. The summed E-state index contributed by atoms with van der Waals surface area (Å²) in [5.41, 5.74) is 5.93. The minimum absolute atomic E-state index is 0.276. The molecule has 0 saturated heterocycles. The van der Waals surface area contributed by atoms with Gasteiger partial charge in [0.15, 0.2) is 0 Å². The predicted molar refractivity (Wildman–Crippen MR) is 84.0 cm³/mol. The molecule has 3 N–H and O–H groups in total. The van der Waals surface area contributed by atoms with Crippen LogP contribution in [0.1, 0.15) is 38.5 Å². The number of rotatable bonds is 4. The van der Waals surface area contributed by atoms with Crippen LogP contribution in [0.15, 0.2) is 33.6 Å². The van der Waals surface area contributed by atoms with Gasteiger partial charge in [-0.15, -0.1) is 0 Å². The van der Waals surface area contributed by atoms with Crippen LogP contribution in [-0.2, 0) is 10.0 Å². The zero-order valence-electron chi connectivity index (χ0n) is 11.4. The third-order valence-electron chi connectivity index (χ3n) is 3.84. The number of hydrogen-bond donors (Lipinski definition) is 2. The van der Waals surface area contributed by atoms with Crippen molar-refractivity contribution in [2.45, 2.75) is 49.0 Å². The summed E-state index contributed by atoms with van der Waals surface area (Å²) in [5.74, 6) is 0. The standard InChI is InChI=1S/C14H21BrN2O2S/c15-12-5-7-13(8-6-12)20(18,19)17-11-14(16)9-3-1-2-4-10-14/h5-8,17H,1-4,9-11,16H2. The maximum absolute atomic E-state index is 12.2. The fourth-order valence-corrected chi connectivity index (χ4v) is 3.95. The summed E-state index contributed by atoms with van der Waals surface area (Å²) in [6, 6.07) is 6.61. The summed E-state index contributed by atoms with van der Waals surface area (Å²) < 4.78 is 28.0. The summed E-state index contributed by atoms with van der Waals surface area (Å²) in [5, 5.41) is 0. The fraction of sp³-hybridized carbons (Fsp3) is 0.571. The second-order valence-electron chi connectivity index (χ2n) is 5.56. The number of hydrogen-bond acceptors (Lipinski definition) is 3. The van der Waals surface area contributed by atoms with Crippen LogP contribution < -0.4 is 10.5 Å². The molecule has 1 aromatic rings. The molecular weight excluding hydrogens is 340 g/mol. The Morgan fingerprint density at radius 3 is 2.20 bits per heavy atom. The van der Waals surface area contributed by atoms with Gasteiger partial charge in [-0.05, 0) is 37.1 Å². The lowest BCUT2D eigenvalue weighted by Gasteiger charge is -2.28. The van der Waals surface area contributed by atoms with Crippen molar-refractivity contribution in [2.75, 3.05) is 6.54 Å². The number of nitrogens with one attached hydrogen (secondary N) is 1. The molecule has 0 aliphatic heterocycles. The van der Waals surface area contributed by atoms with Crippen molar-refractivity contribution in [3.8, 4) is 0 Å². The predicted octanol–water partition coefficient (Wildman–Crippen LogP) is 2.78. The number of nitrogens with two attached hydrogens (primary N) is 1. The molecule has 1 saturated carbocycles. The van der Waals surface area contributed by atoms with E-state index in [9.17, 15) is 8.42 Å². The molecule has 0 heterocycles. The quantitative estimate of drug-likeness (QED) is 0.810. The van der Waals surface area contributed by atoms with Gasteiger partial charge in [0.1, 0.15) is 0 Å². The van der Waals surface area contributed by atoms with E-state index in [0.29, 0.717) is 6.54 Å². The molecule has 0 unspecified atom stereocenters. The van der Waals surface area contributed by atoms with E-state index >= 15 is 0 Å². The summed E-state index contributed by atoms with van der Waals surface area (Å²) in [6.45, 7) is 0.311.